The van der Waals surface area contributed by atoms with Crippen LogP contribution in [0.25, 0.3) is 10.9 Å². The summed E-state index contributed by atoms with van der Waals surface area (Å²) in [5, 5.41) is 13.0. The van der Waals surface area contributed by atoms with Crippen molar-refractivity contribution in [2.45, 2.75) is 0 Å². The first-order chi connectivity index (χ1) is 11.0. The summed E-state index contributed by atoms with van der Waals surface area (Å²) in [4.78, 5) is 27.5. The van der Waals surface area contributed by atoms with Crippen LogP contribution in [0.4, 0.5) is 5.69 Å². The molecule has 4 N–H and O–H groups in total. The van der Waals surface area contributed by atoms with E-state index >= 15 is 0 Å². The molecule has 0 saturated heterocycles. The maximum Gasteiger partial charge on any atom is 0.267 e. The van der Waals surface area contributed by atoms with Crippen LogP contribution in [0.3, 0.4) is 0 Å². The maximum atomic E-state index is 12.3. The van der Waals surface area contributed by atoms with Crippen LogP contribution >= 0.6 is 0 Å². The predicted octanol–water partition coefficient (Wildman–Crippen LogP) is 2.29. The first-order valence-electron chi connectivity index (χ1n) is 6.84. The number of phenolic OH excluding ortho intramolecular Hbond substituents is 1. The Hall–Kier alpha value is -3.41. The van der Waals surface area contributed by atoms with Crippen molar-refractivity contribution < 1.29 is 14.7 Å². The van der Waals surface area contributed by atoms with Gasteiger partial charge < -0.3 is 16.2 Å². The van der Waals surface area contributed by atoms with Gasteiger partial charge in [-0.15, -0.1) is 0 Å². The van der Waals surface area contributed by atoms with Gasteiger partial charge in [-0.2, -0.15) is 0 Å². The molecule has 1 aromatic heterocycles. The highest BCUT2D eigenvalue weighted by atomic mass is 16.3. The highest BCUT2D eigenvalue weighted by Gasteiger charge is 2.10. The van der Waals surface area contributed by atoms with Gasteiger partial charge in [0, 0.05) is 10.9 Å². The number of hydrogen-bond acceptors (Lipinski definition) is 4. The fraction of sp³-hybridized carbons (Fsp3) is 0. The largest absolute Gasteiger partial charge is 0.506 e. The molecule has 2 amide bonds. The van der Waals surface area contributed by atoms with Crippen LogP contribution in [0.1, 0.15) is 20.8 Å². The van der Waals surface area contributed by atoms with Gasteiger partial charge in [-0.05, 0) is 36.4 Å². The van der Waals surface area contributed by atoms with Gasteiger partial charge in [0.05, 0.1) is 11.2 Å². The predicted molar refractivity (Wildman–Crippen MR) is 86.3 cm³/mol. The molecule has 0 saturated carbocycles. The average Bonchev–Trinajstić information content (AvgIpc) is 2.55. The van der Waals surface area contributed by atoms with Crippen LogP contribution in [0.5, 0.6) is 5.75 Å². The second-order valence-electron chi connectivity index (χ2n) is 4.94. The minimum atomic E-state index is -0.603. The van der Waals surface area contributed by atoms with Crippen LogP contribution in [0.2, 0.25) is 0 Å². The summed E-state index contributed by atoms with van der Waals surface area (Å²) in [6, 6.07) is 14.6. The van der Waals surface area contributed by atoms with Crippen molar-refractivity contribution in [2.24, 2.45) is 5.73 Å². The number of amides is 2. The van der Waals surface area contributed by atoms with Gasteiger partial charge in [-0.1, -0.05) is 18.2 Å². The number of anilines is 1. The number of aromatic hydroxyl groups is 1. The van der Waals surface area contributed by atoms with Gasteiger partial charge >= 0.3 is 0 Å². The zero-order valence-electron chi connectivity index (χ0n) is 12.0. The standard InChI is InChI=1S/C17H13N3O3/c18-16(22)14-8-5-10-9-11(6-7-12(10)19-14)17(23)20-13-3-1-2-4-15(13)21/h1-9,21H,(H2,18,22)(H,20,23). The minimum absolute atomic E-state index is 0.00518. The molecule has 3 rings (SSSR count). The van der Waals surface area contributed by atoms with E-state index in [-0.39, 0.29) is 17.4 Å². The van der Waals surface area contributed by atoms with E-state index in [1.165, 1.54) is 12.1 Å². The lowest BCUT2D eigenvalue weighted by Crippen LogP contribution is -2.13. The van der Waals surface area contributed by atoms with E-state index in [1.54, 1.807) is 42.5 Å². The van der Waals surface area contributed by atoms with Crippen LogP contribution in [0, 0.1) is 0 Å². The number of hydrogen-bond donors (Lipinski definition) is 3. The van der Waals surface area contributed by atoms with Gasteiger partial charge in [0.1, 0.15) is 11.4 Å². The van der Waals surface area contributed by atoms with Crippen LogP contribution < -0.4 is 11.1 Å². The number of fused-ring (bicyclic) bond motifs is 1. The number of para-hydroxylation sites is 2. The fourth-order valence-electron chi connectivity index (χ4n) is 2.18. The third-order valence-electron chi connectivity index (χ3n) is 3.36. The normalized spacial score (nSPS) is 10.4. The van der Waals surface area contributed by atoms with Crippen molar-refractivity contribution in [3.05, 3.63) is 65.9 Å². The molecule has 114 valence electrons. The molecule has 0 spiro atoms. The van der Waals surface area contributed by atoms with Crippen molar-refractivity contribution in [3.63, 3.8) is 0 Å². The smallest absolute Gasteiger partial charge is 0.267 e. The Labute approximate surface area is 131 Å². The third kappa shape index (κ3) is 2.96. The quantitative estimate of drug-likeness (QED) is 0.645. The number of rotatable bonds is 3. The van der Waals surface area contributed by atoms with E-state index in [0.717, 1.165) is 0 Å². The van der Waals surface area contributed by atoms with Gasteiger partial charge in [-0.25, -0.2) is 4.98 Å². The Kier molecular flexibility index (Phi) is 3.64. The van der Waals surface area contributed by atoms with Crippen LogP contribution in [0.15, 0.2) is 54.6 Å². The molecule has 0 unspecified atom stereocenters. The minimum Gasteiger partial charge on any atom is -0.506 e. The number of phenols is 1. The lowest BCUT2D eigenvalue weighted by atomic mass is 10.1. The number of carbonyl (C=O) groups excluding carboxylic acids is 2. The number of nitrogens with zero attached hydrogens (tertiary/aromatic N) is 1. The Morgan fingerprint density at radius 3 is 2.57 bits per heavy atom. The van der Waals surface area contributed by atoms with E-state index in [0.29, 0.717) is 22.2 Å². The van der Waals surface area contributed by atoms with Crippen LogP contribution in [-0.4, -0.2) is 21.9 Å². The Bertz CT molecular complexity index is 922. The van der Waals surface area contributed by atoms with Gasteiger partial charge in [0.2, 0.25) is 0 Å². The van der Waals surface area contributed by atoms with E-state index in [4.69, 9.17) is 5.73 Å². The summed E-state index contributed by atoms with van der Waals surface area (Å²) in [5.41, 5.74) is 6.68. The van der Waals surface area contributed by atoms with Gasteiger partial charge in [0.15, 0.2) is 0 Å². The van der Waals surface area contributed by atoms with E-state index in [9.17, 15) is 14.7 Å². The molecule has 0 atom stereocenters. The summed E-state index contributed by atoms with van der Waals surface area (Å²) < 4.78 is 0. The number of pyridine rings is 1. The molecule has 2 aromatic carbocycles. The van der Waals surface area contributed by atoms with Crippen LogP contribution in [-0.2, 0) is 0 Å². The summed E-state index contributed by atoms with van der Waals surface area (Å²) in [6.07, 6.45) is 0. The molecule has 0 aliphatic rings. The summed E-state index contributed by atoms with van der Waals surface area (Å²) in [6.45, 7) is 0. The summed E-state index contributed by atoms with van der Waals surface area (Å²) in [7, 11) is 0. The number of nitrogens with two attached hydrogens (primary N) is 1. The second-order valence-corrected chi connectivity index (χ2v) is 4.94. The zero-order valence-corrected chi connectivity index (χ0v) is 12.0. The highest BCUT2D eigenvalue weighted by Crippen LogP contribution is 2.23. The molecule has 6 nitrogen and oxygen atoms in total. The molecule has 0 aliphatic carbocycles. The van der Waals surface area contributed by atoms with E-state index < -0.39 is 5.91 Å². The highest BCUT2D eigenvalue weighted by molar-refractivity contribution is 6.07. The number of aromatic nitrogens is 1. The van der Waals surface area contributed by atoms with Crippen molar-refractivity contribution in [2.75, 3.05) is 5.32 Å². The van der Waals surface area contributed by atoms with Crippen molar-refractivity contribution >= 4 is 28.4 Å². The molecule has 6 heteroatoms. The number of primary amides is 1. The molecule has 3 aromatic rings. The number of carbonyl (C=O) groups is 2. The first kappa shape index (κ1) is 14.5. The summed E-state index contributed by atoms with van der Waals surface area (Å²) in [5.74, 6) is -0.963. The lowest BCUT2D eigenvalue weighted by molar-refractivity contribution is 0.0993. The molecule has 0 fully saturated rings. The molecule has 0 radical (unpaired) electrons. The SMILES string of the molecule is NC(=O)c1ccc2cc(C(=O)Nc3ccccc3O)ccc2n1. The first-order valence-corrected chi connectivity index (χ1v) is 6.84. The van der Waals surface area contributed by atoms with Crippen molar-refractivity contribution in [1.29, 1.82) is 0 Å². The number of nitrogens with one attached hydrogen (secondary N) is 1. The Balaban J connectivity index is 1.91. The third-order valence-corrected chi connectivity index (χ3v) is 3.36. The lowest BCUT2D eigenvalue weighted by Gasteiger charge is -2.08. The monoisotopic (exact) mass is 307 g/mol. The Morgan fingerprint density at radius 2 is 1.83 bits per heavy atom. The van der Waals surface area contributed by atoms with Crippen molar-refractivity contribution in [1.82, 2.24) is 4.98 Å². The summed E-state index contributed by atoms with van der Waals surface area (Å²) >= 11 is 0. The van der Waals surface area contributed by atoms with Gasteiger partial charge in [-0.3, -0.25) is 9.59 Å². The number of benzene rings is 2. The Morgan fingerprint density at radius 1 is 1.04 bits per heavy atom. The topological polar surface area (TPSA) is 105 Å². The molecule has 0 bridgehead atoms. The maximum absolute atomic E-state index is 12.3. The molecular formula is C17H13N3O3. The molecule has 0 aliphatic heterocycles. The molecule has 1 heterocycles. The van der Waals surface area contributed by atoms with E-state index in [2.05, 4.69) is 10.3 Å². The van der Waals surface area contributed by atoms with E-state index in [1.807, 2.05) is 0 Å². The second kappa shape index (κ2) is 5.76. The molecular weight excluding hydrogens is 294 g/mol. The average molecular weight is 307 g/mol. The molecule has 23 heavy (non-hydrogen) atoms. The fourth-order valence-corrected chi connectivity index (χ4v) is 2.18. The van der Waals surface area contributed by atoms with Gasteiger partial charge in [0.25, 0.3) is 11.8 Å². The zero-order chi connectivity index (χ0) is 16.4. The van der Waals surface area contributed by atoms with Crippen molar-refractivity contribution in [3.8, 4) is 5.75 Å².